The molecule has 0 aromatic heterocycles. The molecule has 1 N–H and O–H groups in total. The zero-order chi connectivity index (χ0) is 13.8. The highest BCUT2D eigenvalue weighted by Gasteiger charge is 2.19. The van der Waals surface area contributed by atoms with Crippen LogP contribution >= 0.6 is 0 Å². The molecule has 6 heteroatoms. The van der Waals surface area contributed by atoms with Crippen LogP contribution in [0.1, 0.15) is 24.0 Å². The summed E-state index contributed by atoms with van der Waals surface area (Å²) in [7, 11) is -3.64. The van der Waals surface area contributed by atoms with E-state index in [4.69, 9.17) is 5.26 Å². The molecule has 1 aromatic carbocycles. The molecule has 98 valence electrons. The van der Waals surface area contributed by atoms with Gasteiger partial charge in [0.2, 0.25) is 10.0 Å². The van der Waals surface area contributed by atoms with Gasteiger partial charge >= 0.3 is 0 Å². The molecule has 4 nitrogen and oxygen atoms in total. The fraction of sp³-hybridized carbons (Fsp3) is 0.417. The molecule has 0 radical (unpaired) electrons. The van der Waals surface area contributed by atoms with Gasteiger partial charge in [0.1, 0.15) is 5.82 Å². The molecule has 0 unspecified atom stereocenters. The van der Waals surface area contributed by atoms with Crippen molar-refractivity contribution < 1.29 is 12.8 Å². The third kappa shape index (κ3) is 3.52. The molecule has 18 heavy (non-hydrogen) atoms. The summed E-state index contributed by atoms with van der Waals surface area (Å²) in [6, 6.07) is 4.32. The SMILES string of the molecule is Cc1cc(F)cc(C)c1S(=O)(=O)NCCCC#N. The van der Waals surface area contributed by atoms with Crippen LogP contribution in [0, 0.1) is 31.0 Å². The lowest BCUT2D eigenvalue weighted by Gasteiger charge is -2.11. The summed E-state index contributed by atoms with van der Waals surface area (Å²) in [5, 5.41) is 8.36. The summed E-state index contributed by atoms with van der Waals surface area (Å²) in [5.41, 5.74) is 0.751. The molecule has 0 amide bonds. The van der Waals surface area contributed by atoms with Crippen LogP contribution in [0.3, 0.4) is 0 Å². The highest BCUT2D eigenvalue weighted by atomic mass is 32.2. The molecule has 0 saturated carbocycles. The Balaban J connectivity index is 2.96. The van der Waals surface area contributed by atoms with Gasteiger partial charge in [-0.05, 0) is 43.5 Å². The Morgan fingerprint density at radius 2 is 1.89 bits per heavy atom. The monoisotopic (exact) mass is 270 g/mol. The second-order valence-electron chi connectivity index (χ2n) is 4.03. The molecular weight excluding hydrogens is 255 g/mol. The van der Waals surface area contributed by atoms with Gasteiger partial charge in [0.05, 0.1) is 11.0 Å². The molecule has 0 aliphatic rings. The fourth-order valence-electron chi connectivity index (χ4n) is 1.77. The van der Waals surface area contributed by atoms with Crippen LogP contribution in [0.4, 0.5) is 4.39 Å². The van der Waals surface area contributed by atoms with Crippen molar-refractivity contribution in [2.24, 2.45) is 0 Å². The molecule has 0 spiro atoms. The van der Waals surface area contributed by atoms with Gasteiger partial charge in [-0.1, -0.05) is 0 Å². The van der Waals surface area contributed by atoms with Gasteiger partial charge < -0.3 is 0 Å². The third-order valence-electron chi connectivity index (χ3n) is 2.45. The van der Waals surface area contributed by atoms with E-state index in [0.29, 0.717) is 24.0 Å². The molecule has 0 bridgehead atoms. The molecular formula is C12H15FN2O2S. The van der Waals surface area contributed by atoms with E-state index in [1.165, 1.54) is 12.1 Å². The Labute approximate surface area is 106 Å². The van der Waals surface area contributed by atoms with E-state index in [1.807, 2.05) is 6.07 Å². The Hall–Kier alpha value is -1.45. The van der Waals surface area contributed by atoms with Crippen molar-refractivity contribution in [3.05, 3.63) is 29.1 Å². The normalized spacial score (nSPS) is 11.2. The Morgan fingerprint density at radius 1 is 1.33 bits per heavy atom. The van der Waals surface area contributed by atoms with Crippen LogP contribution in [0.15, 0.2) is 17.0 Å². The molecule has 0 saturated heterocycles. The van der Waals surface area contributed by atoms with Gasteiger partial charge in [0, 0.05) is 13.0 Å². The number of aryl methyl sites for hydroxylation is 2. The van der Waals surface area contributed by atoms with Crippen molar-refractivity contribution in [1.82, 2.24) is 4.72 Å². The van der Waals surface area contributed by atoms with Crippen LogP contribution < -0.4 is 4.72 Å². The van der Waals surface area contributed by atoms with Gasteiger partial charge in [0.15, 0.2) is 0 Å². The van der Waals surface area contributed by atoms with Crippen molar-refractivity contribution in [1.29, 1.82) is 5.26 Å². The van der Waals surface area contributed by atoms with E-state index in [-0.39, 0.29) is 11.4 Å². The topological polar surface area (TPSA) is 70.0 Å². The van der Waals surface area contributed by atoms with Crippen LogP contribution in [-0.2, 0) is 10.0 Å². The van der Waals surface area contributed by atoms with Gasteiger partial charge in [-0.3, -0.25) is 0 Å². The average molecular weight is 270 g/mol. The summed E-state index contributed by atoms with van der Waals surface area (Å²) < 4.78 is 39.6. The standard InChI is InChI=1S/C12H15FN2O2S/c1-9-7-11(13)8-10(2)12(9)18(16,17)15-6-4-3-5-14/h7-8,15H,3-4,6H2,1-2H3. The van der Waals surface area contributed by atoms with Gasteiger partial charge in [-0.2, -0.15) is 5.26 Å². The van der Waals surface area contributed by atoms with Crippen LogP contribution in [0.25, 0.3) is 0 Å². The summed E-state index contributed by atoms with van der Waals surface area (Å²) >= 11 is 0. The van der Waals surface area contributed by atoms with E-state index < -0.39 is 15.8 Å². The number of benzene rings is 1. The minimum Gasteiger partial charge on any atom is -0.211 e. The zero-order valence-corrected chi connectivity index (χ0v) is 11.1. The number of rotatable bonds is 5. The second-order valence-corrected chi connectivity index (χ2v) is 5.73. The maximum absolute atomic E-state index is 13.1. The number of halogens is 1. The molecule has 0 fully saturated rings. The van der Waals surface area contributed by atoms with Gasteiger partial charge in [-0.15, -0.1) is 0 Å². The summed E-state index contributed by atoms with van der Waals surface area (Å²) in [5.74, 6) is -0.451. The number of sulfonamides is 1. The predicted molar refractivity (Wildman–Crippen MR) is 65.9 cm³/mol. The second kappa shape index (κ2) is 5.94. The Morgan fingerprint density at radius 3 is 2.39 bits per heavy atom. The smallest absolute Gasteiger partial charge is 0.211 e. The minimum absolute atomic E-state index is 0.112. The Bertz CT molecular complexity index is 553. The highest BCUT2D eigenvalue weighted by molar-refractivity contribution is 7.89. The number of nitriles is 1. The lowest BCUT2D eigenvalue weighted by atomic mass is 10.1. The van der Waals surface area contributed by atoms with Crippen molar-refractivity contribution >= 4 is 10.0 Å². The number of hydrogen-bond donors (Lipinski definition) is 1. The zero-order valence-electron chi connectivity index (χ0n) is 10.3. The first-order valence-corrected chi connectivity index (χ1v) is 7.00. The number of unbranched alkanes of at least 4 members (excludes halogenated alkanes) is 1. The first-order valence-electron chi connectivity index (χ1n) is 5.52. The number of nitrogens with zero attached hydrogens (tertiary/aromatic N) is 1. The quantitative estimate of drug-likeness (QED) is 0.832. The predicted octanol–water partition coefficient (Wildman–Crippen LogP) is 2.02. The van der Waals surface area contributed by atoms with Crippen molar-refractivity contribution in [2.45, 2.75) is 31.6 Å². The molecule has 0 aliphatic heterocycles. The van der Waals surface area contributed by atoms with Crippen LogP contribution in [-0.4, -0.2) is 15.0 Å². The molecule has 1 rings (SSSR count). The third-order valence-corrected chi connectivity index (χ3v) is 4.22. The summed E-state index contributed by atoms with van der Waals surface area (Å²) in [6.07, 6.45) is 0.749. The van der Waals surface area contributed by atoms with Gasteiger partial charge in [-0.25, -0.2) is 17.5 Å². The molecule has 0 heterocycles. The molecule has 0 aliphatic carbocycles. The van der Waals surface area contributed by atoms with Crippen molar-refractivity contribution in [3.63, 3.8) is 0 Å². The molecule has 0 atom stereocenters. The van der Waals surface area contributed by atoms with E-state index in [1.54, 1.807) is 13.8 Å². The molecule has 1 aromatic rings. The number of hydrogen-bond acceptors (Lipinski definition) is 3. The van der Waals surface area contributed by atoms with Crippen LogP contribution in [0.5, 0.6) is 0 Å². The average Bonchev–Trinajstić information content (AvgIpc) is 2.22. The fourth-order valence-corrected chi connectivity index (χ4v) is 3.29. The number of nitrogens with one attached hydrogen (secondary N) is 1. The maximum Gasteiger partial charge on any atom is 0.241 e. The maximum atomic E-state index is 13.1. The van der Waals surface area contributed by atoms with Gasteiger partial charge in [0.25, 0.3) is 0 Å². The van der Waals surface area contributed by atoms with E-state index in [2.05, 4.69) is 4.72 Å². The van der Waals surface area contributed by atoms with Crippen molar-refractivity contribution in [2.75, 3.05) is 6.54 Å². The van der Waals surface area contributed by atoms with Crippen molar-refractivity contribution in [3.8, 4) is 6.07 Å². The largest absolute Gasteiger partial charge is 0.241 e. The summed E-state index contributed by atoms with van der Waals surface area (Å²) in [6.45, 7) is 3.31. The summed E-state index contributed by atoms with van der Waals surface area (Å²) in [4.78, 5) is 0.112. The van der Waals surface area contributed by atoms with E-state index in [9.17, 15) is 12.8 Å². The first-order chi connectivity index (χ1) is 8.38. The lowest BCUT2D eigenvalue weighted by Crippen LogP contribution is -2.26. The highest BCUT2D eigenvalue weighted by Crippen LogP contribution is 2.21. The first kappa shape index (κ1) is 14.6. The Kier molecular flexibility index (Phi) is 4.82. The van der Waals surface area contributed by atoms with E-state index >= 15 is 0 Å². The van der Waals surface area contributed by atoms with E-state index in [0.717, 1.165) is 0 Å². The lowest BCUT2D eigenvalue weighted by molar-refractivity contribution is 0.577. The minimum atomic E-state index is -3.64. The van der Waals surface area contributed by atoms with Crippen LogP contribution in [0.2, 0.25) is 0 Å².